The van der Waals surface area contributed by atoms with Crippen LogP contribution in [-0.4, -0.2) is 68.8 Å². The minimum Gasteiger partial charge on any atom is -0.381 e. The number of anilines is 2. The first-order valence-electron chi connectivity index (χ1n) is 12.6. The molecule has 6 heteroatoms. The third kappa shape index (κ3) is 5.07. The first kappa shape index (κ1) is 22.4. The number of piperidine rings is 1. The number of aromatic nitrogens is 1. The van der Waals surface area contributed by atoms with E-state index in [1.54, 1.807) is 0 Å². The molecular weight excluding hydrogens is 412 g/mol. The summed E-state index contributed by atoms with van der Waals surface area (Å²) in [6.45, 7) is 6.66. The second-order valence-corrected chi connectivity index (χ2v) is 9.77. The van der Waals surface area contributed by atoms with E-state index in [2.05, 4.69) is 47.2 Å². The molecule has 0 radical (unpaired) electrons. The highest BCUT2D eigenvalue weighted by atomic mass is 16.5. The zero-order valence-electron chi connectivity index (χ0n) is 19.8. The van der Waals surface area contributed by atoms with E-state index in [4.69, 9.17) is 9.72 Å². The molecular formula is C27H36N4O2. The minimum absolute atomic E-state index is 0.00460. The predicted molar refractivity (Wildman–Crippen MR) is 132 cm³/mol. The maximum atomic E-state index is 13.5. The van der Waals surface area contributed by atoms with E-state index in [1.165, 1.54) is 11.3 Å². The van der Waals surface area contributed by atoms with Gasteiger partial charge in [-0.3, -0.25) is 9.78 Å². The SMILES string of the molecule is CN1CCN(c2cccnc2CC2CCCN(c3ccc(C4CCOCC4)cc3)C2=O)CC1. The van der Waals surface area contributed by atoms with Gasteiger partial charge in [0.05, 0.1) is 11.4 Å². The lowest BCUT2D eigenvalue weighted by Crippen LogP contribution is -2.45. The molecule has 6 nitrogen and oxygen atoms in total. The van der Waals surface area contributed by atoms with Crippen LogP contribution in [0.3, 0.4) is 0 Å². The fraction of sp³-hybridized carbons (Fsp3) is 0.556. The van der Waals surface area contributed by atoms with Crippen LogP contribution < -0.4 is 9.80 Å². The third-order valence-corrected chi connectivity index (χ3v) is 7.60. The molecule has 0 N–H and O–H groups in total. The Labute approximate surface area is 197 Å². The summed E-state index contributed by atoms with van der Waals surface area (Å²) in [5.41, 5.74) is 4.67. The maximum Gasteiger partial charge on any atom is 0.230 e. The molecule has 33 heavy (non-hydrogen) atoms. The number of amides is 1. The molecule has 1 atom stereocenters. The van der Waals surface area contributed by atoms with Crippen LogP contribution in [0.5, 0.6) is 0 Å². The van der Waals surface area contributed by atoms with Crippen LogP contribution in [0, 0.1) is 5.92 Å². The number of carbonyl (C=O) groups excluding carboxylic acids is 1. The maximum absolute atomic E-state index is 13.5. The number of hydrogen-bond acceptors (Lipinski definition) is 5. The molecule has 1 aromatic carbocycles. The molecule has 1 aromatic heterocycles. The molecule has 2 aromatic rings. The van der Waals surface area contributed by atoms with Crippen molar-refractivity contribution in [2.24, 2.45) is 5.92 Å². The Kier molecular flexibility index (Phi) is 6.93. The third-order valence-electron chi connectivity index (χ3n) is 7.60. The number of hydrogen-bond donors (Lipinski definition) is 0. The lowest BCUT2D eigenvalue weighted by atomic mass is 9.90. The zero-order valence-corrected chi connectivity index (χ0v) is 19.8. The topological polar surface area (TPSA) is 48.9 Å². The number of benzene rings is 1. The zero-order chi connectivity index (χ0) is 22.6. The molecule has 3 aliphatic rings. The summed E-state index contributed by atoms with van der Waals surface area (Å²) in [6.07, 6.45) is 6.74. The van der Waals surface area contributed by atoms with Crippen molar-refractivity contribution in [1.29, 1.82) is 0 Å². The highest BCUT2D eigenvalue weighted by Gasteiger charge is 2.31. The summed E-state index contributed by atoms with van der Waals surface area (Å²) < 4.78 is 5.50. The van der Waals surface area contributed by atoms with Crippen LogP contribution in [0.15, 0.2) is 42.6 Å². The van der Waals surface area contributed by atoms with Gasteiger partial charge in [0.15, 0.2) is 0 Å². The fourth-order valence-electron chi connectivity index (χ4n) is 5.51. The quantitative estimate of drug-likeness (QED) is 0.698. The molecule has 3 fully saturated rings. The molecule has 3 saturated heterocycles. The number of ether oxygens (including phenoxy) is 1. The normalized spacial score (nSPS) is 23.2. The van der Waals surface area contributed by atoms with E-state index in [9.17, 15) is 4.79 Å². The van der Waals surface area contributed by atoms with Crippen molar-refractivity contribution in [1.82, 2.24) is 9.88 Å². The van der Waals surface area contributed by atoms with Crippen LogP contribution >= 0.6 is 0 Å². The Morgan fingerprint density at radius 1 is 0.970 bits per heavy atom. The summed E-state index contributed by atoms with van der Waals surface area (Å²) >= 11 is 0. The first-order valence-corrected chi connectivity index (χ1v) is 12.6. The largest absolute Gasteiger partial charge is 0.381 e. The van der Waals surface area contributed by atoms with Gasteiger partial charge < -0.3 is 19.4 Å². The van der Waals surface area contributed by atoms with Gasteiger partial charge in [-0.15, -0.1) is 0 Å². The van der Waals surface area contributed by atoms with E-state index in [0.29, 0.717) is 5.92 Å². The second-order valence-electron chi connectivity index (χ2n) is 9.77. The molecule has 0 bridgehead atoms. The van der Waals surface area contributed by atoms with Gasteiger partial charge in [-0.25, -0.2) is 0 Å². The van der Waals surface area contributed by atoms with Gasteiger partial charge in [-0.05, 0) is 68.5 Å². The summed E-state index contributed by atoms with van der Waals surface area (Å²) in [7, 11) is 2.17. The molecule has 0 saturated carbocycles. The Bertz CT molecular complexity index is 933. The molecule has 1 amide bonds. The Morgan fingerprint density at radius 2 is 1.73 bits per heavy atom. The van der Waals surface area contributed by atoms with E-state index in [-0.39, 0.29) is 11.8 Å². The number of nitrogens with zero attached hydrogens (tertiary/aromatic N) is 4. The van der Waals surface area contributed by atoms with Gasteiger partial charge in [-0.2, -0.15) is 0 Å². The van der Waals surface area contributed by atoms with Crippen molar-refractivity contribution in [3.05, 3.63) is 53.9 Å². The highest BCUT2D eigenvalue weighted by Crippen LogP contribution is 2.32. The van der Waals surface area contributed by atoms with Gasteiger partial charge in [-0.1, -0.05) is 12.1 Å². The predicted octanol–water partition coefficient (Wildman–Crippen LogP) is 3.71. The summed E-state index contributed by atoms with van der Waals surface area (Å²) in [4.78, 5) is 25.0. The molecule has 5 rings (SSSR count). The highest BCUT2D eigenvalue weighted by molar-refractivity contribution is 5.96. The van der Waals surface area contributed by atoms with E-state index < -0.39 is 0 Å². The van der Waals surface area contributed by atoms with Crippen molar-refractivity contribution in [3.8, 4) is 0 Å². The molecule has 176 valence electrons. The Hall–Kier alpha value is -2.44. The van der Waals surface area contributed by atoms with Crippen molar-refractivity contribution < 1.29 is 9.53 Å². The summed E-state index contributed by atoms with van der Waals surface area (Å²) in [5, 5.41) is 0. The molecule has 0 aliphatic carbocycles. The van der Waals surface area contributed by atoms with Crippen molar-refractivity contribution in [2.45, 2.75) is 38.0 Å². The van der Waals surface area contributed by atoms with Crippen LogP contribution in [0.1, 0.15) is 42.9 Å². The molecule has 1 unspecified atom stereocenters. The Morgan fingerprint density at radius 3 is 2.48 bits per heavy atom. The summed E-state index contributed by atoms with van der Waals surface area (Å²) in [6, 6.07) is 12.9. The Balaban J connectivity index is 1.28. The number of rotatable bonds is 5. The number of piperazine rings is 1. The van der Waals surface area contributed by atoms with Gasteiger partial charge in [0.2, 0.25) is 5.91 Å². The van der Waals surface area contributed by atoms with Crippen molar-refractivity contribution in [2.75, 3.05) is 62.8 Å². The lowest BCUT2D eigenvalue weighted by molar-refractivity contribution is -0.123. The smallest absolute Gasteiger partial charge is 0.230 e. The average molecular weight is 449 g/mol. The molecule has 4 heterocycles. The van der Waals surface area contributed by atoms with Crippen molar-refractivity contribution >= 4 is 17.3 Å². The number of likely N-dealkylation sites (N-methyl/N-ethyl adjacent to an activating group) is 1. The van der Waals surface area contributed by atoms with Gasteiger partial charge in [0.25, 0.3) is 0 Å². The fourth-order valence-corrected chi connectivity index (χ4v) is 5.51. The summed E-state index contributed by atoms with van der Waals surface area (Å²) in [5.74, 6) is 0.819. The van der Waals surface area contributed by atoms with Gasteiger partial charge in [0, 0.05) is 70.2 Å². The monoisotopic (exact) mass is 448 g/mol. The minimum atomic E-state index is -0.00460. The van der Waals surface area contributed by atoms with Gasteiger partial charge >= 0.3 is 0 Å². The first-order chi connectivity index (χ1) is 16.2. The van der Waals surface area contributed by atoms with Crippen molar-refractivity contribution in [3.63, 3.8) is 0 Å². The van der Waals surface area contributed by atoms with Crippen LogP contribution in [0.2, 0.25) is 0 Å². The average Bonchev–Trinajstić information content (AvgIpc) is 2.87. The van der Waals surface area contributed by atoms with E-state index in [1.807, 2.05) is 17.2 Å². The van der Waals surface area contributed by atoms with Crippen LogP contribution in [0.25, 0.3) is 0 Å². The standard InChI is InChI=1S/C27H36N4O2/c1-29-14-16-30(17-15-29)26-5-2-12-28-25(26)20-23-4-3-13-31(27(23)32)24-8-6-21(7-9-24)22-10-18-33-19-11-22/h2,5-9,12,22-23H,3-4,10-11,13-20H2,1H3. The second kappa shape index (κ2) is 10.2. The molecule has 0 spiro atoms. The number of pyridine rings is 1. The van der Waals surface area contributed by atoms with E-state index in [0.717, 1.165) is 89.4 Å². The lowest BCUT2D eigenvalue weighted by Gasteiger charge is -2.36. The molecule has 3 aliphatic heterocycles. The van der Waals surface area contributed by atoms with Gasteiger partial charge in [0.1, 0.15) is 0 Å². The number of carbonyl (C=O) groups is 1. The van der Waals surface area contributed by atoms with Crippen LogP contribution in [-0.2, 0) is 16.0 Å². The van der Waals surface area contributed by atoms with E-state index >= 15 is 0 Å². The van der Waals surface area contributed by atoms with Crippen LogP contribution in [0.4, 0.5) is 11.4 Å².